The van der Waals surface area contributed by atoms with Crippen molar-refractivity contribution in [3.63, 3.8) is 0 Å². The second-order valence-electron chi connectivity index (χ2n) is 8.36. The fourth-order valence-corrected chi connectivity index (χ4v) is 5.09. The van der Waals surface area contributed by atoms with Gasteiger partial charge >= 0.3 is 11.9 Å². The lowest BCUT2D eigenvalue weighted by atomic mass is 9.97. The van der Waals surface area contributed by atoms with Crippen LogP contribution in [-0.2, 0) is 22.3 Å². The summed E-state index contributed by atoms with van der Waals surface area (Å²) in [4.78, 5) is 23.1. The lowest BCUT2D eigenvalue weighted by molar-refractivity contribution is 0.0591. The average Bonchev–Trinajstić information content (AvgIpc) is 3.12. The van der Waals surface area contributed by atoms with E-state index in [0.29, 0.717) is 23.7 Å². The third-order valence-electron chi connectivity index (χ3n) is 5.64. The molecule has 0 radical (unpaired) electrons. The molecule has 6 nitrogen and oxygen atoms in total. The van der Waals surface area contributed by atoms with E-state index in [9.17, 15) is 9.59 Å². The highest BCUT2D eigenvalue weighted by Crippen LogP contribution is 2.36. The molecule has 0 saturated heterocycles. The molecular formula is C26H28Br2O6. The molecule has 4 rings (SSSR count). The van der Waals surface area contributed by atoms with E-state index in [1.54, 1.807) is 12.1 Å². The van der Waals surface area contributed by atoms with Crippen molar-refractivity contribution in [1.82, 2.24) is 0 Å². The van der Waals surface area contributed by atoms with Gasteiger partial charge in [0, 0.05) is 5.56 Å². The lowest BCUT2D eigenvalue weighted by Crippen LogP contribution is -2.04. The summed E-state index contributed by atoms with van der Waals surface area (Å²) in [7, 11) is 2.77. The Balaban J connectivity index is 0.000000191. The molecule has 2 heterocycles. The van der Waals surface area contributed by atoms with E-state index >= 15 is 0 Å². The molecule has 0 amide bonds. The van der Waals surface area contributed by atoms with Gasteiger partial charge in [0.1, 0.15) is 18.1 Å². The van der Waals surface area contributed by atoms with Crippen LogP contribution >= 0.6 is 31.9 Å². The fourth-order valence-electron chi connectivity index (χ4n) is 3.86. The number of hydrogen-bond donors (Lipinski definition) is 0. The van der Waals surface area contributed by atoms with Crippen molar-refractivity contribution >= 4 is 43.8 Å². The predicted molar refractivity (Wildman–Crippen MR) is 137 cm³/mol. The highest BCUT2D eigenvalue weighted by atomic mass is 79.9. The standard InChI is InChI=1S/C13H15BrO3.C13H13BrO3/c2*1-8-3-4-17-12-9(5-8)6-10(7-11(12)14)13(15)16-2/h6-8H,3-5H2,1-2H3;3,6-7H,4-5H2,1-2H3. The van der Waals surface area contributed by atoms with Crippen molar-refractivity contribution in [2.75, 3.05) is 27.4 Å². The Morgan fingerprint density at radius 3 is 2.06 bits per heavy atom. The van der Waals surface area contributed by atoms with Crippen molar-refractivity contribution in [2.24, 2.45) is 5.92 Å². The van der Waals surface area contributed by atoms with Gasteiger partial charge in [-0.2, -0.15) is 0 Å². The summed E-state index contributed by atoms with van der Waals surface area (Å²) in [5, 5.41) is 0. The van der Waals surface area contributed by atoms with Gasteiger partial charge in [0.2, 0.25) is 0 Å². The molecule has 34 heavy (non-hydrogen) atoms. The zero-order valence-corrected chi connectivity index (χ0v) is 22.9. The maximum atomic E-state index is 11.5. The third kappa shape index (κ3) is 6.42. The zero-order valence-electron chi connectivity index (χ0n) is 19.7. The highest BCUT2D eigenvalue weighted by molar-refractivity contribution is 9.11. The number of benzene rings is 2. The van der Waals surface area contributed by atoms with Crippen LogP contribution in [0.15, 0.2) is 44.9 Å². The van der Waals surface area contributed by atoms with Crippen LogP contribution in [-0.4, -0.2) is 39.4 Å². The van der Waals surface area contributed by atoms with E-state index in [1.807, 2.05) is 18.2 Å². The number of carbonyl (C=O) groups is 2. The molecule has 182 valence electrons. The largest absolute Gasteiger partial charge is 0.492 e. The molecule has 0 bridgehead atoms. The molecule has 2 aromatic carbocycles. The quantitative estimate of drug-likeness (QED) is 0.299. The normalized spacial score (nSPS) is 16.5. The second-order valence-corrected chi connectivity index (χ2v) is 10.1. The fraction of sp³-hybridized carbons (Fsp3) is 0.385. The molecular weight excluding hydrogens is 568 g/mol. The van der Waals surface area contributed by atoms with Crippen LogP contribution in [0, 0.1) is 5.92 Å². The summed E-state index contributed by atoms with van der Waals surface area (Å²) in [6.07, 6.45) is 4.80. The summed E-state index contributed by atoms with van der Waals surface area (Å²) in [5.41, 5.74) is 4.42. The summed E-state index contributed by atoms with van der Waals surface area (Å²) in [6.45, 7) is 5.54. The Kier molecular flexibility index (Phi) is 9.19. The first-order valence-electron chi connectivity index (χ1n) is 11.0. The van der Waals surface area contributed by atoms with Gasteiger partial charge in [0.25, 0.3) is 0 Å². The molecule has 0 fully saturated rings. The molecule has 2 aliphatic rings. The van der Waals surface area contributed by atoms with Crippen LogP contribution in [0.25, 0.3) is 0 Å². The molecule has 0 spiro atoms. The van der Waals surface area contributed by atoms with Crippen molar-refractivity contribution in [3.8, 4) is 11.5 Å². The minimum Gasteiger partial charge on any atom is -0.492 e. The summed E-state index contributed by atoms with van der Waals surface area (Å²) < 4.78 is 22.4. The number of allylic oxidation sites excluding steroid dienone is 1. The van der Waals surface area contributed by atoms with Crippen molar-refractivity contribution in [1.29, 1.82) is 0 Å². The SMILES string of the molecule is COC(=O)c1cc(Br)c2c(c1)CC(C)=CCO2.COC(=O)c1cc(Br)c2c(c1)CC(C)CCO2. The van der Waals surface area contributed by atoms with Crippen LogP contribution in [0.1, 0.15) is 52.1 Å². The molecule has 0 aliphatic carbocycles. The van der Waals surface area contributed by atoms with E-state index in [1.165, 1.54) is 19.8 Å². The molecule has 2 aliphatic heterocycles. The van der Waals surface area contributed by atoms with Gasteiger partial charge in [0.05, 0.1) is 40.9 Å². The van der Waals surface area contributed by atoms with Gasteiger partial charge in [0.15, 0.2) is 0 Å². The number of ether oxygens (including phenoxy) is 4. The number of methoxy groups -OCH3 is 2. The first-order chi connectivity index (χ1) is 16.2. The third-order valence-corrected chi connectivity index (χ3v) is 6.82. The maximum absolute atomic E-state index is 11.5. The van der Waals surface area contributed by atoms with Crippen molar-refractivity contribution < 1.29 is 28.5 Å². The molecule has 0 N–H and O–H groups in total. The molecule has 8 heteroatoms. The van der Waals surface area contributed by atoms with Crippen molar-refractivity contribution in [2.45, 2.75) is 33.1 Å². The van der Waals surface area contributed by atoms with Gasteiger partial charge in [-0.15, -0.1) is 0 Å². The Morgan fingerprint density at radius 1 is 0.912 bits per heavy atom. The summed E-state index contributed by atoms with van der Waals surface area (Å²) in [6, 6.07) is 7.17. The molecule has 1 unspecified atom stereocenters. The van der Waals surface area contributed by atoms with Crippen LogP contribution in [0.3, 0.4) is 0 Å². The maximum Gasteiger partial charge on any atom is 0.337 e. The van der Waals surface area contributed by atoms with Gasteiger partial charge in [-0.1, -0.05) is 12.5 Å². The lowest BCUT2D eigenvalue weighted by Gasteiger charge is -2.11. The van der Waals surface area contributed by atoms with Gasteiger partial charge in [-0.05, 0) is 99.9 Å². The number of carbonyl (C=O) groups excluding carboxylic acids is 2. The van der Waals surface area contributed by atoms with Gasteiger partial charge < -0.3 is 18.9 Å². The smallest absolute Gasteiger partial charge is 0.337 e. The van der Waals surface area contributed by atoms with E-state index in [0.717, 1.165) is 57.4 Å². The second kappa shape index (κ2) is 11.9. The Hall–Kier alpha value is -2.32. The van der Waals surface area contributed by atoms with Crippen LogP contribution in [0.2, 0.25) is 0 Å². The monoisotopic (exact) mass is 594 g/mol. The van der Waals surface area contributed by atoms with E-state index in [4.69, 9.17) is 18.9 Å². The van der Waals surface area contributed by atoms with Crippen molar-refractivity contribution in [3.05, 3.63) is 67.1 Å². The Bertz CT molecular complexity index is 1100. The molecule has 0 saturated carbocycles. The van der Waals surface area contributed by atoms with Crippen LogP contribution in [0.4, 0.5) is 0 Å². The number of fused-ring (bicyclic) bond motifs is 2. The number of rotatable bonds is 2. The van der Waals surface area contributed by atoms with E-state index in [2.05, 4.69) is 45.7 Å². The van der Waals surface area contributed by atoms with E-state index in [-0.39, 0.29) is 11.9 Å². The van der Waals surface area contributed by atoms with Crippen LogP contribution < -0.4 is 9.47 Å². The first kappa shape index (κ1) is 26.3. The Morgan fingerprint density at radius 2 is 1.47 bits per heavy atom. The highest BCUT2D eigenvalue weighted by Gasteiger charge is 2.20. The number of esters is 2. The molecule has 1 atom stereocenters. The summed E-state index contributed by atoms with van der Waals surface area (Å²) in [5.74, 6) is 1.59. The van der Waals surface area contributed by atoms with Gasteiger partial charge in [-0.3, -0.25) is 0 Å². The van der Waals surface area contributed by atoms with Gasteiger partial charge in [-0.25, -0.2) is 9.59 Å². The zero-order chi connectivity index (χ0) is 24.8. The predicted octanol–water partition coefficient (Wildman–Crippen LogP) is 6.31. The summed E-state index contributed by atoms with van der Waals surface area (Å²) >= 11 is 6.88. The first-order valence-corrected chi connectivity index (χ1v) is 12.5. The Labute approximate surface area is 216 Å². The minimum atomic E-state index is -0.334. The molecule has 0 aromatic heterocycles. The minimum absolute atomic E-state index is 0.314. The number of halogens is 2. The average molecular weight is 596 g/mol. The molecule has 2 aromatic rings. The van der Waals surface area contributed by atoms with Crippen LogP contribution in [0.5, 0.6) is 11.5 Å². The number of hydrogen-bond acceptors (Lipinski definition) is 6. The van der Waals surface area contributed by atoms with E-state index < -0.39 is 0 Å². The topological polar surface area (TPSA) is 71.1 Å².